The minimum Gasteiger partial charge on any atom is -0.369 e. The molecule has 2 fully saturated rings. The molecule has 0 aliphatic carbocycles. The van der Waals surface area contributed by atoms with Gasteiger partial charge in [0.15, 0.2) is 0 Å². The number of nitrogens with one attached hydrogen (secondary N) is 1. The Morgan fingerprint density at radius 1 is 1.10 bits per heavy atom. The second kappa shape index (κ2) is 6.33. The molecule has 2 aliphatic heterocycles. The maximum Gasteiger partial charge on any atom is 0.258 e. The molecule has 1 spiro atoms. The van der Waals surface area contributed by atoms with Crippen LogP contribution in [0.2, 0.25) is 0 Å². The average molecular weight is 402 g/mol. The summed E-state index contributed by atoms with van der Waals surface area (Å²) < 4.78 is 3.23. The summed E-state index contributed by atoms with van der Waals surface area (Å²) in [5.74, 6) is 1.18. The van der Waals surface area contributed by atoms with Crippen molar-refractivity contribution in [1.82, 2.24) is 34.3 Å². The number of hydrogen-bond donors (Lipinski definition) is 1. The van der Waals surface area contributed by atoms with Crippen LogP contribution >= 0.6 is 0 Å². The molecule has 0 aromatic carbocycles. The van der Waals surface area contributed by atoms with Gasteiger partial charge in [-0.2, -0.15) is 10.1 Å². The van der Waals surface area contributed by atoms with Crippen molar-refractivity contribution < 1.29 is 0 Å². The van der Waals surface area contributed by atoms with Crippen molar-refractivity contribution >= 4 is 17.1 Å². The summed E-state index contributed by atoms with van der Waals surface area (Å²) in [4.78, 5) is 28.4. The normalized spacial score (nSPS) is 18.2. The van der Waals surface area contributed by atoms with Crippen molar-refractivity contribution in [1.29, 1.82) is 0 Å². The largest absolute Gasteiger partial charge is 0.369 e. The van der Waals surface area contributed by atoms with Crippen molar-refractivity contribution in [3.05, 3.63) is 53.0 Å². The van der Waals surface area contributed by atoms with Crippen LogP contribution in [-0.4, -0.2) is 55.1 Å². The molecule has 6 heterocycles. The second-order valence-corrected chi connectivity index (χ2v) is 8.45. The van der Waals surface area contributed by atoms with Gasteiger partial charge in [-0.3, -0.25) is 9.20 Å². The van der Waals surface area contributed by atoms with E-state index in [2.05, 4.69) is 36.3 Å². The quantitative estimate of drug-likeness (QED) is 0.540. The molecule has 6 rings (SSSR count). The smallest absolute Gasteiger partial charge is 0.258 e. The number of rotatable bonds is 2. The van der Waals surface area contributed by atoms with E-state index in [4.69, 9.17) is 0 Å². The molecule has 9 heteroatoms. The van der Waals surface area contributed by atoms with Gasteiger partial charge in [0.25, 0.3) is 11.3 Å². The van der Waals surface area contributed by atoms with Gasteiger partial charge in [0.2, 0.25) is 0 Å². The third kappa shape index (κ3) is 2.77. The molecule has 2 aliphatic rings. The molecule has 152 valence electrons. The zero-order valence-corrected chi connectivity index (χ0v) is 16.7. The monoisotopic (exact) mass is 402 g/mol. The van der Waals surface area contributed by atoms with E-state index < -0.39 is 0 Å². The Balaban J connectivity index is 1.33. The van der Waals surface area contributed by atoms with Crippen LogP contribution in [0.25, 0.3) is 22.7 Å². The summed E-state index contributed by atoms with van der Waals surface area (Å²) in [5.41, 5.74) is 3.33. The van der Waals surface area contributed by atoms with E-state index in [1.54, 1.807) is 27.4 Å². The van der Waals surface area contributed by atoms with Gasteiger partial charge in [-0.1, -0.05) is 0 Å². The average Bonchev–Trinajstić information content (AvgIpc) is 3.11. The molecule has 1 N–H and O–H groups in total. The van der Waals surface area contributed by atoms with Crippen molar-refractivity contribution in [2.75, 3.05) is 31.1 Å². The molecule has 4 aromatic rings. The first kappa shape index (κ1) is 17.5. The van der Waals surface area contributed by atoms with Gasteiger partial charge in [0.05, 0.1) is 11.4 Å². The van der Waals surface area contributed by atoms with E-state index in [1.165, 1.54) is 12.8 Å². The third-order valence-corrected chi connectivity index (χ3v) is 6.32. The Hall–Kier alpha value is -3.33. The molecule has 9 nitrogen and oxygen atoms in total. The van der Waals surface area contributed by atoms with Crippen LogP contribution in [0, 0.1) is 12.3 Å². The topological polar surface area (TPSA) is 92.7 Å². The molecule has 2 saturated heterocycles. The Kier molecular flexibility index (Phi) is 3.70. The van der Waals surface area contributed by atoms with Gasteiger partial charge < -0.3 is 10.2 Å². The summed E-state index contributed by atoms with van der Waals surface area (Å²) in [6, 6.07) is 5.52. The fourth-order valence-corrected chi connectivity index (χ4v) is 4.66. The third-order valence-electron chi connectivity index (χ3n) is 6.32. The Morgan fingerprint density at radius 3 is 2.77 bits per heavy atom. The second-order valence-electron chi connectivity index (χ2n) is 8.45. The maximum absolute atomic E-state index is 12.9. The highest BCUT2D eigenvalue weighted by atomic mass is 16.1. The number of aryl methyl sites for hydroxylation is 1. The Morgan fingerprint density at radius 2 is 1.93 bits per heavy atom. The first-order valence-electron chi connectivity index (χ1n) is 10.3. The van der Waals surface area contributed by atoms with Crippen LogP contribution in [0.1, 0.15) is 18.7 Å². The number of anilines is 1. The highest BCUT2D eigenvalue weighted by Gasteiger charge is 2.43. The highest BCUT2D eigenvalue weighted by molar-refractivity contribution is 5.62. The number of fused-ring (bicyclic) bond motifs is 2. The molecule has 0 bridgehead atoms. The molecule has 0 unspecified atom stereocenters. The lowest BCUT2D eigenvalue weighted by Gasteiger charge is -2.53. The summed E-state index contributed by atoms with van der Waals surface area (Å²) in [5, 5.41) is 7.73. The number of nitrogens with zero attached hydrogens (tertiary/aromatic N) is 7. The van der Waals surface area contributed by atoms with Gasteiger partial charge in [0, 0.05) is 48.7 Å². The molecule has 0 radical (unpaired) electrons. The predicted octanol–water partition coefficient (Wildman–Crippen LogP) is 1.30. The SMILES string of the molecule is Cc1nc2ncc(-c3cc(=O)n4cc(N5CC6(CCNCC6)C5)ccc4n3)cn2n1. The van der Waals surface area contributed by atoms with Gasteiger partial charge in [-0.25, -0.2) is 14.5 Å². The molecule has 0 saturated carbocycles. The van der Waals surface area contributed by atoms with E-state index in [0.717, 1.165) is 37.4 Å². The molecule has 30 heavy (non-hydrogen) atoms. The van der Waals surface area contributed by atoms with E-state index in [-0.39, 0.29) is 5.56 Å². The van der Waals surface area contributed by atoms with Gasteiger partial charge in [0.1, 0.15) is 11.5 Å². The molecule has 0 amide bonds. The van der Waals surface area contributed by atoms with Crippen molar-refractivity contribution in [3.8, 4) is 11.3 Å². The molecular formula is C21H22N8O. The number of aromatic nitrogens is 6. The minimum atomic E-state index is -0.108. The minimum absolute atomic E-state index is 0.108. The highest BCUT2D eigenvalue weighted by Crippen LogP contribution is 2.41. The standard InChI is InChI=1S/C21H22N8O/c1-14-24-20-23-9-15(10-29(20)26-14)17-8-19(30)28-11-16(2-3-18(28)25-17)27-12-21(13-27)4-6-22-7-5-21/h2-3,8-11,22H,4-7,12-13H2,1H3. The predicted molar refractivity (Wildman–Crippen MR) is 113 cm³/mol. The Bertz CT molecular complexity index is 1330. The zero-order valence-electron chi connectivity index (χ0n) is 16.7. The van der Waals surface area contributed by atoms with Crippen LogP contribution in [-0.2, 0) is 0 Å². The Labute approximate surface area is 172 Å². The fraction of sp³-hybridized carbons (Fsp3) is 0.381. The number of piperidine rings is 1. The maximum atomic E-state index is 12.9. The first-order chi connectivity index (χ1) is 14.6. The van der Waals surface area contributed by atoms with Crippen LogP contribution in [0.3, 0.4) is 0 Å². The summed E-state index contributed by atoms with van der Waals surface area (Å²) >= 11 is 0. The van der Waals surface area contributed by atoms with Crippen molar-refractivity contribution in [3.63, 3.8) is 0 Å². The van der Waals surface area contributed by atoms with Crippen molar-refractivity contribution in [2.45, 2.75) is 19.8 Å². The lowest BCUT2D eigenvalue weighted by Crippen LogP contribution is -2.60. The summed E-state index contributed by atoms with van der Waals surface area (Å²) in [7, 11) is 0. The number of hydrogen-bond acceptors (Lipinski definition) is 7. The van der Waals surface area contributed by atoms with Crippen molar-refractivity contribution in [2.24, 2.45) is 5.41 Å². The molecule has 4 aromatic heterocycles. The van der Waals surface area contributed by atoms with E-state index in [1.807, 2.05) is 19.2 Å². The fourth-order valence-electron chi connectivity index (χ4n) is 4.66. The van der Waals surface area contributed by atoms with E-state index >= 15 is 0 Å². The summed E-state index contributed by atoms with van der Waals surface area (Å²) in [6.45, 7) is 6.14. The number of pyridine rings is 1. The van der Waals surface area contributed by atoms with Gasteiger partial charge >= 0.3 is 0 Å². The molecule has 0 atom stereocenters. The lowest BCUT2D eigenvalue weighted by molar-refractivity contribution is 0.150. The van der Waals surface area contributed by atoms with E-state index in [9.17, 15) is 4.79 Å². The summed E-state index contributed by atoms with van der Waals surface area (Å²) in [6.07, 6.45) is 7.84. The van der Waals surface area contributed by atoms with Crippen LogP contribution in [0.15, 0.2) is 41.6 Å². The van der Waals surface area contributed by atoms with E-state index in [0.29, 0.717) is 28.4 Å². The van der Waals surface area contributed by atoms with Crippen LogP contribution < -0.4 is 15.8 Å². The molecular weight excluding hydrogens is 380 g/mol. The lowest BCUT2D eigenvalue weighted by atomic mass is 9.72. The zero-order chi connectivity index (χ0) is 20.3. The van der Waals surface area contributed by atoms with Gasteiger partial charge in [-0.05, 0) is 45.0 Å². The first-order valence-corrected chi connectivity index (χ1v) is 10.3. The van der Waals surface area contributed by atoms with Gasteiger partial charge in [-0.15, -0.1) is 0 Å². The van der Waals surface area contributed by atoms with Crippen LogP contribution in [0.5, 0.6) is 0 Å². The van der Waals surface area contributed by atoms with Crippen LogP contribution in [0.4, 0.5) is 5.69 Å².